The van der Waals surface area contributed by atoms with Crippen LogP contribution in [-0.4, -0.2) is 18.2 Å². The number of anilines is 1. The van der Waals surface area contributed by atoms with Crippen molar-refractivity contribution in [3.63, 3.8) is 0 Å². The minimum Gasteiger partial charge on any atom is -0.399 e. The number of hydrogen-bond acceptors (Lipinski definition) is 3. The molecule has 4 heteroatoms. The number of nitrogen functional groups attached to an aromatic ring is 1. The lowest BCUT2D eigenvalue weighted by Gasteiger charge is -2.04. The molecule has 0 fully saturated rings. The van der Waals surface area contributed by atoms with Gasteiger partial charge in [0.2, 0.25) is 5.91 Å². The van der Waals surface area contributed by atoms with Gasteiger partial charge in [0.1, 0.15) is 5.78 Å². The highest BCUT2D eigenvalue weighted by atomic mass is 16.1. The lowest BCUT2D eigenvalue weighted by Crippen LogP contribution is -2.25. The zero-order valence-corrected chi connectivity index (χ0v) is 10.7. The van der Waals surface area contributed by atoms with E-state index in [0.717, 1.165) is 18.5 Å². The van der Waals surface area contributed by atoms with Gasteiger partial charge in [-0.2, -0.15) is 0 Å². The Kier molecular flexibility index (Phi) is 5.91. The van der Waals surface area contributed by atoms with Crippen molar-refractivity contribution in [1.82, 2.24) is 5.32 Å². The van der Waals surface area contributed by atoms with E-state index < -0.39 is 0 Å². The molecule has 0 aliphatic rings. The van der Waals surface area contributed by atoms with Crippen molar-refractivity contribution in [1.29, 1.82) is 0 Å². The number of nitrogens with two attached hydrogens (primary N) is 1. The maximum absolute atomic E-state index is 11.4. The molecule has 0 atom stereocenters. The highest BCUT2D eigenvalue weighted by molar-refractivity contribution is 5.78. The molecule has 1 amide bonds. The maximum atomic E-state index is 11.4. The van der Waals surface area contributed by atoms with E-state index in [4.69, 9.17) is 5.73 Å². The summed E-state index contributed by atoms with van der Waals surface area (Å²) in [4.78, 5) is 22.1. The third-order valence-corrected chi connectivity index (χ3v) is 2.65. The lowest BCUT2D eigenvalue weighted by atomic mass is 10.1. The normalized spacial score (nSPS) is 10.1. The highest BCUT2D eigenvalue weighted by Gasteiger charge is 2.02. The summed E-state index contributed by atoms with van der Waals surface area (Å²) in [5.74, 6) is 0.101. The number of benzene rings is 1. The number of carbonyl (C=O) groups is 2. The van der Waals surface area contributed by atoms with Crippen LogP contribution in [0.2, 0.25) is 0 Å². The molecule has 0 radical (unpaired) electrons. The molecular formula is C14H20N2O2. The summed E-state index contributed by atoms with van der Waals surface area (Å²) in [5, 5.41) is 2.73. The minimum atomic E-state index is 0.00620. The second kappa shape index (κ2) is 7.48. The van der Waals surface area contributed by atoms with E-state index in [9.17, 15) is 9.59 Å². The first-order valence-corrected chi connectivity index (χ1v) is 6.18. The Morgan fingerprint density at radius 2 is 1.83 bits per heavy atom. The molecule has 0 aliphatic carbocycles. The van der Waals surface area contributed by atoms with Gasteiger partial charge in [-0.25, -0.2) is 0 Å². The second-order valence-corrected chi connectivity index (χ2v) is 4.40. The van der Waals surface area contributed by atoms with Gasteiger partial charge in [0.05, 0.1) is 0 Å². The molecule has 1 aromatic rings. The first-order valence-electron chi connectivity index (χ1n) is 6.18. The van der Waals surface area contributed by atoms with Crippen molar-refractivity contribution in [3.05, 3.63) is 29.8 Å². The summed E-state index contributed by atoms with van der Waals surface area (Å²) in [6.45, 7) is 1.96. The van der Waals surface area contributed by atoms with Crippen molar-refractivity contribution in [2.45, 2.75) is 32.6 Å². The molecule has 0 unspecified atom stereocenters. The zero-order chi connectivity index (χ0) is 13.4. The number of carbonyl (C=O) groups excluding carboxylic acids is 2. The molecule has 1 rings (SSSR count). The summed E-state index contributed by atoms with van der Waals surface area (Å²) in [5.41, 5.74) is 7.52. The average Bonchev–Trinajstić information content (AvgIpc) is 2.31. The molecule has 3 N–H and O–H groups in total. The SMILES string of the molecule is CC(=O)CCNC(=O)CCCc1ccc(N)cc1. The van der Waals surface area contributed by atoms with E-state index in [1.807, 2.05) is 24.3 Å². The third-order valence-electron chi connectivity index (χ3n) is 2.65. The van der Waals surface area contributed by atoms with E-state index >= 15 is 0 Å². The number of Topliss-reactive ketones (excluding diaryl/α,β-unsaturated/α-hetero) is 1. The first-order chi connectivity index (χ1) is 8.58. The molecule has 4 nitrogen and oxygen atoms in total. The lowest BCUT2D eigenvalue weighted by molar-refractivity contribution is -0.121. The van der Waals surface area contributed by atoms with Gasteiger partial charge in [0, 0.05) is 25.1 Å². The molecule has 0 saturated heterocycles. The van der Waals surface area contributed by atoms with Crippen LogP contribution in [0.4, 0.5) is 5.69 Å². The molecule has 18 heavy (non-hydrogen) atoms. The Bertz CT molecular complexity index is 399. The molecule has 0 spiro atoms. The van der Waals surface area contributed by atoms with E-state index in [1.54, 1.807) is 0 Å². The number of nitrogens with one attached hydrogen (secondary N) is 1. The molecule has 0 aliphatic heterocycles. The van der Waals surface area contributed by atoms with Crippen molar-refractivity contribution >= 4 is 17.4 Å². The summed E-state index contributed by atoms with van der Waals surface area (Å²) < 4.78 is 0. The predicted molar refractivity (Wildman–Crippen MR) is 72.1 cm³/mol. The van der Waals surface area contributed by atoms with E-state index in [0.29, 0.717) is 19.4 Å². The van der Waals surface area contributed by atoms with Crippen LogP contribution in [-0.2, 0) is 16.0 Å². The van der Waals surface area contributed by atoms with Crippen LogP contribution in [0.3, 0.4) is 0 Å². The van der Waals surface area contributed by atoms with Crippen LogP contribution < -0.4 is 11.1 Å². The first kappa shape index (κ1) is 14.2. The number of rotatable bonds is 7. The number of ketones is 1. The largest absolute Gasteiger partial charge is 0.399 e. The van der Waals surface area contributed by atoms with Gasteiger partial charge in [-0.3, -0.25) is 9.59 Å². The topological polar surface area (TPSA) is 72.2 Å². The van der Waals surface area contributed by atoms with Gasteiger partial charge in [0.15, 0.2) is 0 Å². The quantitative estimate of drug-likeness (QED) is 0.721. The number of amides is 1. The van der Waals surface area contributed by atoms with E-state index in [1.165, 1.54) is 12.5 Å². The Labute approximate surface area is 108 Å². The van der Waals surface area contributed by atoms with E-state index in [2.05, 4.69) is 5.32 Å². The average molecular weight is 248 g/mol. The van der Waals surface area contributed by atoms with Gasteiger partial charge in [0.25, 0.3) is 0 Å². The fraction of sp³-hybridized carbons (Fsp3) is 0.429. The summed E-state index contributed by atoms with van der Waals surface area (Å²) in [6, 6.07) is 7.68. The molecule has 1 aromatic carbocycles. The Hall–Kier alpha value is -1.84. The van der Waals surface area contributed by atoms with Gasteiger partial charge in [-0.05, 0) is 37.5 Å². The number of aryl methyl sites for hydroxylation is 1. The molecule has 0 aromatic heterocycles. The minimum absolute atomic E-state index is 0.00620. The third kappa shape index (κ3) is 6.03. The van der Waals surface area contributed by atoms with Crippen molar-refractivity contribution < 1.29 is 9.59 Å². The summed E-state index contributed by atoms with van der Waals surface area (Å²) in [7, 11) is 0. The molecule has 0 heterocycles. The molecule has 98 valence electrons. The summed E-state index contributed by atoms with van der Waals surface area (Å²) in [6.07, 6.45) is 2.56. The standard InChI is InChI=1S/C14H20N2O2/c1-11(17)9-10-16-14(18)4-2-3-12-5-7-13(15)8-6-12/h5-8H,2-4,9-10,15H2,1H3,(H,16,18). The van der Waals surface area contributed by atoms with Crippen LogP contribution in [0, 0.1) is 0 Å². The van der Waals surface area contributed by atoms with E-state index in [-0.39, 0.29) is 11.7 Å². The molecular weight excluding hydrogens is 228 g/mol. The van der Waals surface area contributed by atoms with Gasteiger partial charge >= 0.3 is 0 Å². The van der Waals surface area contributed by atoms with Crippen molar-refractivity contribution in [3.8, 4) is 0 Å². The smallest absolute Gasteiger partial charge is 0.220 e. The van der Waals surface area contributed by atoms with Gasteiger partial charge in [-0.15, -0.1) is 0 Å². The maximum Gasteiger partial charge on any atom is 0.220 e. The van der Waals surface area contributed by atoms with Crippen LogP contribution >= 0.6 is 0 Å². The van der Waals surface area contributed by atoms with Crippen LogP contribution in [0.5, 0.6) is 0 Å². The Morgan fingerprint density at radius 1 is 1.17 bits per heavy atom. The van der Waals surface area contributed by atoms with Gasteiger partial charge < -0.3 is 11.1 Å². The molecule has 0 bridgehead atoms. The van der Waals surface area contributed by atoms with Gasteiger partial charge in [-0.1, -0.05) is 12.1 Å². The zero-order valence-electron chi connectivity index (χ0n) is 10.7. The fourth-order valence-electron chi connectivity index (χ4n) is 1.60. The van der Waals surface area contributed by atoms with Crippen molar-refractivity contribution in [2.24, 2.45) is 0 Å². The van der Waals surface area contributed by atoms with Crippen LogP contribution in [0.1, 0.15) is 31.7 Å². The monoisotopic (exact) mass is 248 g/mol. The van der Waals surface area contributed by atoms with Crippen molar-refractivity contribution in [2.75, 3.05) is 12.3 Å². The molecule has 0 saturated carbocycles. The highest BCUT2D eigenvalue weighted by Crippen LogP contribution is 2.08. The van der Waals surface area contributed by atoms with Crippen LogP contribution in [0.15, 0.2) is 24.3 Å². The number of hydrogen-bond donors (Lipinski definition) is 2. The van der Waals surface area contributed by atoms with Crippen LogP contribution in [0.25, 0.3) is 0 Å². The fourth-order valence-corrected chi connectivity index (χ4v) is 1.60. The predicted octanol–water partition coefficient (Wildman–Crippen LogP) is 1.69. The Morgan fingerprint density at radius 3 is 2.44 bits per heavy atom. The Balaban J connectivity index is 2.15. The summed E-state index contributed by atoms with van der Waals surface area (Å²) >= 11 is 0. The second-order valence-electron chi connectivity index (χ2n) is 4.40.